The van der Waals surface area contributed by atoms with Crippen LogP contribution in [0.2, 0.25) is 0 Å². The third kappa shape index (κ3) is 3.32. The molecule has 0 aliphatic carbocycles. The summed E-state index contributed by atoms with van der Waals surface area (Å²) >= 11 is 1.43. The van der Waals surface area contributed by atoms with Crippen LogP contribution >= 0.6 is 11.8 Å². The van der Waals surface area contributed by atoms with Crippen molar-refractivity contribution in [2.75, 3.05) is 19.4 Å². The van der Waals surface area contributed by atoms with Gasteiger partial charge in [0.2, 0.25) is 0 Å². The fourth-order valence-electron chi connectivity index (χ4n) is 3.52. The van der Waals surface area contributed by atoms with E-state index in [1.165, 1.54) is 30.1 Å². The second kappa shape index (κ2) is 7.21. The van der Waals surface area contributed by atoms with Crippen molar-refractivity contribution >= 4 is 29.4 Å². The maximum absolute atomic E-state index is 14.5. The number of nitrogens with two attached hydrogens (primary N) is 1. The van der Waals surface area contributed by atoms with Gasteiger partial charge in [0.15, 0.2) is 5.17 Å². The second-order valence-electron chi connectivity index (χ2n) is 6.24. The van der Waals surface area contributed by atoms with Gasteiger partial charge in [0.05, 0.1) is 18.6 Å². The monoisotopic (exact) mass is 366 g/mol. The van der Waals surface area contributed by atoms with E-state index < -0.39 is 17.2 Å². The zero-order valence-electron chi connectivity index (χ0n) is 13.8. The van der Waals surface area contributed by atoms with Gasteiger partial charge in [-0.25, -0.2) is 13.8 Å². The number of benzene rings is 1. The third-order valence-electron chi connectivity index (χ3n) is 4.79. The van der Waals surface area contributed by atoms with Crippen LogP contribution in [0.5, 0.6) is 0 Å². The zero-order chi connectivity index (χ0) is 18.0. The predicted octanol–water partition coefficient (Wildman–Crippen LogP) is 2.59. The van der Waals surface area contributed by atoms with Gasteiger partial charge in [0.25, 0.3) is 0 Å². The Balaban J connectivity index is 1.98. The maximum Gasteiger partial charge on any atom is 0.154 e. The lowest BCUT2D eigenvalue weighted by Gasteiger charge is -2.47. The highest BCUT2D eigenvalue weighted by atomic mass is 32.2. The molecule has 0 spiro atoms. The van der Waals surface area contributed by atoms with E-state index in [4.69, 9.17) is 15.9 Å². The number of rotatable bonds is 4. The molecule has 2 aliphatic heterocycles. The maximum atomic E-state index is 14.5. The number of hydrogen-bond donors (Lipinski definition) is 2. The molecule has 134 valence electrons. The number of nitrogens with zero attached hydrogens (tertiary/aromatic N) is 2. The first-order chi connectivity index (χ1) is 12.0. The van der Waals surface area contributed by atoms with E-state index in [-0.39, 0.29) is 24.5 Å². The van der Waals surface area contributed by atoms with Crippen molar-refractivity contribution in [3.05, 3.63) is 35.4 Å². The lowest BCUT2D eigenvalue weighted by atomic mass is 9.73. The van der Waals surface area contributed by atoms with Crippen LogP contribution in [0.4, 0.5) is 8.78 Å². The van der Waals surface area contributed by atoms with Gasteiger partial charge in [-0.3, -0.25) is 0 Å². The molecule has 4 unspecified atom stereocenters. The minimum Gasteiger partial charge on any atom is -0.379 e. The van der Waals surface area contributed by atoms with Crippen molar-refractivity contribution < 1.29 is 13.5 Å². The molecule has 8 heteroatoms. The molecule has 0 aromatic heterocycles. The van der Waals surface area contributed by atoms with E-state index in [9.17, 15) is 8.78 Å². The quantitative estimate of drug-likeness (QED) is 0.804. The number of hydrogen-bond acceptors (Lipinski definition) is 6. The van der Waals surface area contributed by atoms with Crippen LogP contribution in [-0.2, 0) is 10.3 Å². The highest BCUT2D eigenvalue weighted by molar-refractivity contribution is 8.13. The molecule has 1 aromatic rings. The number of amidine groups is 1. The average Bonchev–Trinajstić information content (AvgIpc) is 2.59. The Morgan fingerprint density at radius 1 is 1.52 bits per heavy atom. The normalized spacial score (nSPS) is 30.6. The van der Waals surface area contributed by atoms with Crippen molar-refractivity contribution in [1.82, 2.24) is 0 Å². The van der Waals surface area contributed by atoms with Gasteiger partial charge in [-0.15, -0.1) is 0 Å². The SMILES string of the molecule is CN=CC(C=N)C1CC2CSC(N)=NC2(c2ccc(F)cc2F)CO1. The van der Waals surface area contributed by atoms with E-state index in [0.717, 1.165) is 6.07 Å². The molecule has 5 nitrogen and oxygen atoms in total. The van der Waals surface area contributed by atoms with E-state index in [0.29, 0.717) is 22.9 Å². The summed E-state index contributed by atoms with van der Waals surface area (Å²) in [5, 5.41) is 7.96. The molecule has 3 N–H and O–H groups in total. The summed E-state index contributed by atoms with van der Waals surface area (Å²) in [6.07, 6.45) is 3.35. The average molecular weight is 366 g/mol. The van der Waals surface area contributed by atoms with Crippen molar-refractivity contribution in [3.63, 3.8) is 0 Å². The standard InChI is InChI=1S/C17H20F2N4OS/c1-22-7-10(6-20)15-4-11-8-25-16(21)23-17(11,9-24-15)13-3-2-12(18)5-14(13)19/h2-3,5-7,10-11,15,20H,4,8-9H2,1H3,(H2,21,23). The predicted molar refractivity (Wildman–Crippen MR) is 96.7 cm³/mol. The summed E-state index contributed by atoms with van der Waals surface area (Å²) < 4.78 is 33.8. The third-order valence-corrected chi connectivity index (χ3v) is 5.75. The van der Waals surface area contributed by atoms with Crippen molar-refractivity contribution in [2.24, 2.45) is 27.6 Å². The lowest BCUT2D eigenvalue weighted by molar-refractivity contribution is -0.0609. The number of halogens is 2. The van der Waals surface area contributed by atoms with Crippen molar-refractivity contribution in [1.29, 1.82) is 5.41 Å². The van der Waals surface area contributed by atoms with Crippen LogP contribution in [0.3, 0.4) is 0 Å². The van der Waals surface area contributed by atoms with Crippen LogP contribution in [0, 0.1) is 28.9 Å². The summed E-state index contributed by atoms with van der Waals surface area (Å²) in [4.78, 5) is 8.53. The second-order valence-corrected chi connectivity index (χ2v) is 7.28. The smallest absolute Gasteiger partial charge is 0.154 e. The van der Waals surface area contributed by atoms with Gasteiger partial charge in [0, 0.05) is 42.8 Å². The number of thioether (sulfide) groups is 1. The highest BCUT2D eigenvalue weighted by Crippen LogP contribution is 2.47. The summed E-state index contributed by atoms with van der Waals surface area (Å²) in [6, 6.07) is 3.52. The Bertz CT molecular complexity index is 727. The van der Waals surface area contributed by atoms with E-state index >= 15 is 0 Å². The fraction of sp³-hybridized carbons (Fsp3) is 0.471. The molecular weight excluding hydrogens is 346 g/mol. The summed E-state index contributed by atoms with van der Waals surface area (Å²) in [5.41, 5.74) is 5.26. The highest BCUT2D eigenvalue weighted by Gasteiger charge is 2.50. The molecule has 1 aromatic carbocycles. The first kappa shape index (κ1) is 18.0. The Hall–Kier alpha value is -1.80. The Kier molecular flexibility index (Phi) is 5.19. The van der Waals surface area contributed by atoms with E-state index in [2.05, 4.69) is 9.98 Å². The van der Waals surface area contributed by atoms with Gasteiger partial charge < -0.3 is 20.9 Å². The molecule has 0 amide bonds. The molecule has 25 heavy (non-hydrogen) atoms. The van der Waals surface area contributed by atoms with E-state index in [1.54, 1.807) is 13.3 Å². The summed E-state index contributed by atoms with van der Waals surface area (Å²) in [7, 11) is 1.65. The van der Waals surface area contributed by atoms with Crippen LogP contribution in [0.1, 0.15) is 12.0 Å². The molecule has 0 radical (unpaired) electrons. The van der Waals surface area contributed by atoms with Gasteiger partial charge in [0.1, 0.15) is 17.2 Å². The number of nitrogens with one attached hydrogen (secondary N) is 1. The van der Waals surface area contributed by atoms with Crippen molar-refractivity contribution in [2.45, 2.75) is 18.1 Å². The van der Waals surface area contributed by atoms with Crippen LogP contribution in [0.15, 0.2) is 28.2 Å². The van der Waals surface area contributed by atoms with Crippen LogP contribution < -0.4 is 5.73 Å². The Morgan fingerprint density at radius 3 is 3.00 bits per heavy atom. The number of aliphatic imine (C=N–C) groups is 2. The van der Waals surface area contributed by atoms with Gasteiger partial charge in [-0.05, 0) is 12.5 Å². The molecule has 3 rings (SSSR count). The molecule has 1 fully saturated rings. The number of fused-ring (bicyclic) bond motifs is 1. The first-order valence-corrected chi connectivity index (χ1v) is 8.97. The molecular formula is C17H20F2N4OS. The molecule has 0 saturated carbocycles. The van der Waals surface area contributed by atoms with Crippen LogP contribution in [-0.4, -0.2) is 43.1 Å². The fourth-order valence-corrected chi connectivity index (χ4v) is 4.54. The van der Waals surface area contributed by atoms with E-state index in [1.807, 2.05) is 0 Å². The van der Waals surface area contributed by atoms with Gasteiger partial charge in [-0.2, -0.15) is 0 Å². The van der Waals surface area contributed by atoms with Gasteiger partial charge >= 0.3 is 0 Å². The molecule has 0 bridgehead atoms. The van der Waals surface area contributed by atoms with Crippen LogP contribution in [0.25, 0.3) is 0 Å². The largest absolute Gasteiger partial charge is 0.379 e. The topological polar surface area (TPSA) is 83.8 Å². The minimum absolute atomic E-state index is 0.0313. The summed E-state index contributed by atoms with van der Waals surface area (Å²) in [5.74, 6) is -0.881. The number of ether oxygens (including phenoxy) is 1. The molecule has 2 heterocycles. The Labute approximate surface area is 149 Å². The zero-order valence-corrected chi connectivity index (χ0v) is 14.6. The Morgan fingerprint density at radius 2 is 2.32 bits per heavy atom. The first-order valence-electron chi connectivity index (χ1n) is 7.98. The lowest BCUT2D eigenvalue weighted by Crippen LogP contribution is -2.52. The molecule has 1 saturated heterocycles. The summed E-state index contributed by atoms with van der Waals surface area (Å²) in [6.45, 7) is 0.133. The molecule has 4 atom stereocenters. The minimum atomic E-state index is -0.959. The molecule has 2 aliphatic rings. The van der Waals surface area contributed by atoms with Crippen molar-refractivity contribution in [3.8, 4) is 0 Å². The van der Waals surface area contributed by atoms with Gasteiger partial charge in [-0.1, -0.05) is 17.8 Å².